The summed E-state index contributed by atoms with van der Waals surface area (Å²) in [5.74, 6) is 6.06. The first-order valence-electron chi connectivity index (χ1n) is 5.66. The van der Waals surface area contributed by atoms with Gasteiger partial charge in [-0.25, -0.2) is 0 Å². The minimum Gasteiger partial charge on any atom is -0.310 e. The maximum absolute atomic E-state index is 3.51. The molecule has 0 saturated carbocycles. The summed E-state index contributed by atoms with van der Waals surface area (Å²) in [6.07, 6.45) is 2.01. The van der Waals surface area contributed by atoms with Crippen molar-refractivity contribution in [3.63, 3.8) is 0 Å². The smallest absolute Gasteiger partial charge is 0.0329 e. The number of hydrogen-bond acceptors (Lipinski definition) is 1. The summed E-state index contributed by atoms with van der Waals surface area (Å²) in [4.78, 5) is 0. The van der Waals surface area contributed by atoms with Gasteiger partial charge in [0.05, 0.1) is 0 Å². The van der Waals surface area contributed by atoms with Gasteiger partial charge in [0, 0.05) is 16.9 Å². The van der Waals surface area contributed by atoms with Gasteiger partial charge < -0.3 is 5.32 Å². The van der Waals surface area contributed by atoms with Crippen LogP contribution in [0.2, 0.25) is 0 Å². The van der Waals surface area contributed by atoms with Crippen molar-refractivity contribution < 1.29 is 0 Å². The van der Waals surface area contributed by atoms with E-state index in [1.165, 1.54) is 5.56 Å². The maximum atomic E-state index is 3.51. The van der Waals surface area contributed by atoms with E-state index in [1.807, 2.05) is 6.92 Å². The molecule has 2 heteroatoms. The molecular weight excluding hydrogens is 262 g/mol. The maximum Gasteiger partial charge on any atom is 0.0329 e. The molecule has 0 aliphatic carbocycles. The summed E-state index contributed by atoms with van der Waals surface area (Å²) in [5, 5.41) is 3.50. The summed E-state index contributed by atoms with van der Waals surface area (Å²) in [6.45, 7) is 5.01. The predicted octanol–water partition coefficient (Wildman–Crippen LogP) is 3.90. The second-order valence-electron chi connectivity index (χ2n) is 3.63. The van der Waals surface area contributed by atoms with E-state index in [4.69, 9.17) is 0 Å². The highest BCUT2D eigenvalue weighted by Gasteiger charge is 2.09. The average molecular weight is 280 g/mol. The summed E-state index contributed by atoms with van der Waals surface area (Å²) in [6, 6.07) is 8.88. The van der Waals surface area contributed by atoms with E-state index in [2.05, 4.69) is 64.3 Å². The fourth-order valence-corrected chi connectivity index (χ4v) is 2.11. The quantitative estimate of drug-likeness (QED) is 0.806. The summed E-state index contributed by atoms with van der Waals surface area (Å²) in [5.41, 5.74) is 1.33. The fourth-order valence-electron chi connectivity index (χ4n) is 1.70. The zero-order chi connectivity index (χ0) is 11.8. The molecule has 1 aromatic carbocycles. The minimum atomic E-state index is 0.406. The molecule has 0 fully saturated rings. The van der Waals surface area contributed by atoms with Gasteiger partial charge in [-0.1, -0.05) is 35.0 Å². The standard InChI is InChI=1S/C14H18BrN/c1-3-5-6-10-14(16-4-2)12-8-7-9-13(15)11-12/h7-9,11,14,16H,4,6,10H2,1-2H3. The predicted molar refractivity (Wildman–Crippen MR) is 73.2 cm³/mol. The summed E-state index contributed by atoms with van der Waals surface area (Å²) >= 11 is 3.51. The Labute approximate surface area is 107 Å². The third kappa shape index (κ3) is 4.38. The molecule has 0 aromatic heterocycles. The van der Waals surface area contributed by atoms with E-state index < -0.39 is 0 Å². The van der Waals surface area contributed by atoms with Crippen LogP contribution in [-0.4, -0.2) is 6.54 Å². The van der Waals surface area contributed by atoms with E-state index in [1.54, 1.807) is 0 Å². The van der Waals surface area contributed by atoms with Crippen LogP contribution in [0.25, 0.3) is 0 Å². The Morgan fingerprint density at radius 1 is 1.44 bits per heavy atom. The summed E-state index contributed by atoms with van der Waals surface area (Å²) in [7, 11) is 0. The Bertz CT molecular complexity index is 376. The van der Waals surface area contributed by atoms with Crippen LogP contribution in [0.15, 0.2) is 28.7 Å². The first-order chi connectivity index (χ1) is 7.77. The molecule has 0 radical (unpaired) electrons. The van der Waals surface area contributed by atoms with Crippen molar-refractivity contribution in [1.29, 1.82) is 0 Å². The van der Waals surface area contributed by atoms with Gasteiger partial charge in [0.2, 0.25) is 0 Å². The van der Waals surface area contributed by atoms with Crippen LogP contribution in [0.1, 0.15) is 38.3 Å². The molecular formula is C14H18BrN. The van der Waals surface area contributed by atoms with Gasteiger partial charge in [0.1, 0.15) is 0 Å². The SMILES string of the molecule is CC#CCCC(NCC)c1cccc(Br)c1. The van der Waals surface area contributed by atoms with Crippen LogP contribution < -0.4 is 5.32 Å². The van der Waals surface area contributed by atoms with Gasteiger partial charge in [-0.15, -0.1) is 11.8 Å². The first kappa shape index (κ1) is 13.3. The molecule has 1 nitrogen and oxygen atoms in total. The number of hydrogen-bond donors (Lipinski definition) is 1. The van der Waals surface area contributed by atoms with Gasteiger partial charge in [0.15, 0.2) is 0 Å². The third-order valence-corrected chi connectivity index (χ3v) is 2.93. The van der Waals surface area contributed by atoms with Gasteiger partial charge in [-0.3, -0.25) is 0 Å². The van der Waals surface area contributed by atoms with Crippen LogP contribution in [0.5, 0.6) is 0 Å². The van der Waals surface area contributed by atoms with Crippen LogP contribution in [-0.2, 0) is 0 Å². The number of benzene rings is 1. The highest BCUT2D eigenvalue weighted by molar-refractivity contribution is 9.10. The zero-order valence-electron chi connectivity index (χ0n) is 9.89. The molecule has 1 atom stereocenters. The van der Waals surface area contributed by atoms with Crippen LogP contribution >= 0.6 is 15.9 Å². The number of halogens is 1. The Kier molecular flexibility index (Phi) is 6.22. The molecule has 0 aliphatic rings. The lowest BCUT2D eigenvalue weighted by atomic mass is 10.0. The monoisotopic (exact) mass is 279 g/mol. The molecule has 0 spiro atoms. The van der Waals surface area contributed by atoms with Crippen molar-refractivity contribution in [2.75, 3.05) is 6.54 Å². The van der Waals surface area contributed by atoms with Gasteiger partial charge in [0.25, 0.3) is 0 Å². The molecule has 1 aromatic rings. The molecule has 86 valence electrons. The Morgan fingerprint density at radius 2 is 2.25 bits per heavy atom. The Morgan fingerprint density at radius 3 is 2.88 bits per heavy atom. The molecule has 0 heterocycles. The van der Waals surface area contributed by atoms with Crippen molar-refractivity contribution in [3.8, 4) is 11.8 Å². The van der Waals surface area contributed by atoms with E-state index >= 15 is 0 Å². The topological polar surface area (TPSA) is 12.0 Å². The van der Waals surface area contributed by atoms with Crippen molar-refractivity contribution in [1.82, 2.24) is 5.32 Å². The lowest BCUT2D eigenvalue weighted by Crippen LogP contribution is -2.20. The first-order valence-corrected chi connectivity index (χ1v) is 6.45. The second-order valence-corrected chi connectivity index (χ2v) is 4.55. The fraction of sp³-hybridized carbons (Fsp3) is 0.429. The van der Waals surface area contributed by atoms with E-state index in [-0.39, 0.29) is 0 Å². The highest BCUT2D eigenvalue weighted by atomic mass is 79.9. The van der Waals surface area contributed by atoms with E-state index in [0.717, 1.165) is 23.9 Å². The summed E-state index contributed by atoms with van der Waals surface area (Å²) < 4.78 is 1.13. The van der Waals surface area contributed by atoms with Crippen LogP contribution in [0.4, 0.5) is 0 Å². The van der Waals surface area contributed by atoms with Crippen LogP contribution in [0.3, 0.4) is 0 Å². The molecule has 0 aliphatic heterocycles. The number of rotatable bonds is 5. The molecule has 0 saturated heterocycles. The number of nitrogens with one attached hydrogen (secondary N) is 1. The molecule has 0 amide bonds. The van der Waals surface area contributed by atoms with E-state index in [9.17, 15) is 0 Å². The van der Waals surface area contributed by atoms with E-state index in [0.29, 0.717) is 6.04 Å². The van der Waals surface area contributed by atoms with Crippen LogP contribution in [0, 0.1) is 11.8 Å². The minimum absolute atomic E-state index is 0.406. The molecule has 1 rings (SSSR count). The highest BCUT2D eigenvalue weighted by Crippen LogP contribution is 2.21. The van der Waals surface area contributed by atoms with Crippen molar-refractivity contribution in [2.45, 2.75) is 32.7 Å². The third-order valence-electron chi connectivity index (χ3n) is 2.44. The molecule has 0 bridgehead atoms. The van der Waals surface area contributed by atoms with Gasteiger partial charge in [-0.05, 0) is 37.6 Å². The molecule has 1 unspecified atom stereocenters. The zero-order valence-corrected chi connectivity index (χ0v) is 11.5. The average Bonchev–Trinajstić information content (AvgIpc) is 2.28. The Hall–Kier alpha value is -0.780. The van der Waals surface area contributed by atoms with Gasteiger partial charge in [-0.2, -0.15) is 0 Å². The van der Waals surface area contributed by atoms with Crippen molar-refractivity contribution in [3.05, 3.63) is 34.3 Å². The normalized spacial score (nSPS) is 11.7. The van der Waals surface area contributed by atoms with Crippen molar-refractivity contribution in [2.24, 2.45) is 0 Å². The van der Waals surface area contributed by atoms with Gasteiger partial charge >= 0.3 is 0 Å². The lowest BCUT2D eigenvalue weighted by Gasteiger charge is -2.17. The molecule has 16 heavy (non-hydrogen) atoms. The largest absolute Gasteiger partial charge is 0.310 e. The Balaban J connectivity index is 2.70. The molecule has 1 N–H and O–H groups in total. The lowest BCUT2D eigenvalue weighted by molar-refractivity contribution is 0.522. The van der Waals surface area contributed by atoms with Crippen molar-refractivity contribution >= 4 is 15.9 Å². The second kappa shape index (κ2) is 7.49.